The van der Waals surface area contributed by atoms with Crippen LogP contribution in [0.2, 0.25) is 0 Å². The highest BCUT2D eigenvalue weighted by Crippen LogP contribution is 2.28. The summed E-state index contributed by atoms with van der Waals surface area (Å²) in [5.41, 5.74) is 6.74. The first-order chi connectivity index (χ1) is 12.5. The molecule has 0 saturated heterocycles. The summed E-state index contributed by atoms with van der Waals surface area (Å²) in [6.07, 6.45) is 3.33. The van der Waals surface area contributed by atoms with Gasteiger partial charge in [-0.15, -0.1) is 0 Å². The molecule has 4 N–H and O–H groups in total. The average Bonchev–Trinajstić information content (AvgIpc) is 2.64. The molecule has 0 spiro atoms. The molecular formula is C19H23N3O3S. The van der Waals surface area contributed by atoms with E-state index in [1.807, 2.05) is 0 Å². The zero-order chi connectivity index (χ0) is 18.6. The second-order valence-electron chi connectivity index (χ2n) is 6.58. The lowest BCUT2D eigenvalue weighted by Gasteiger charge is -2.26. The summed E-state index contributed by atoms with van der Waals surface area (Å²) in [4.78, 5) is 12.7. The summed E-state index contributed by atoms with van der Waals surface area (Å²) < 4.78 is 27.6. The minimum Gasteiger partial charge on any atom is -0.328 e. The van der Waals surface area contributed by atoms with E-state index in [-0.39, 0.29) is 22.8 Å². The van der Waals surface area contributed by atoms with Gasteiger partial charge in [0.25, 0.3) is 10.0 Å². The largest absolute Gasteiger partial charge is 0.328 e. The molecule has 26 heavy (non-hydrogen) atoms. The summed E-state index contributed by atoms with van der Waals surface area (Å²) >= 11 is 0. The molecule has 7 heteroatoms. The molecule has 6 nitrogen and oxygen atoms in total. The average molecular weight is 373 g/mol. The fourth-order valence-electron chi connectivity index (χ4n) is 3.18. The molecule has 3 rings (SSSR count). The van der Waals surface area contributed by atoms with E-state index in [0.29, 0.717) is 17.8 Å². The number of hydrogen-bond donors (Lipinski definition) is 3. The third-order valence-electron chi connectivity index (χ3n) is 4.57. The Balaban J connectivity index is 1.77. The predicted octanol–water partition coefficient (Wildman–Crippen LogP) is 2.94. The number of anilines is 2. The van der Waals surface area contributed by atoms with Crippen LogP contribution in [0.15, 0.2) is 59.5 Å². The van der Waals surface area contributed by atoms with Crippen molar-refractivity contribution in [2.24, 2.45) is 11.7 Å². The Hall–Kier alpha value is -2.38. The van der Waals surface area contributed by atoms with Crippen LogP contribution in [0.3, 0.4) is 0 Å². The number of sulfonamides is 1. The van der Waals surface area contributed by atoms with Gasteiger partial charge in [-0.1, -0.05) is 36.8 Å². The molecule has 1 aliphatic rings. The first-order valence-electron chi connectivity index (χ1n) is 8.69. The van der Waals surface area contributed by atoms with E-state index in [0.717, 1.165) is 19.3 Å². The summed E-state index contributed by atoms with van der Waals surface area (Å²) in [5.74, 6) is -0.260. The Morgan fingerprint density at radius 2 is 1.62 bits per heavy atom. The SMILES string of the molecule is NC1CCCC(C(=O)Nc2ccccc2NS(=O)(=O)c2ccccc2)C1. The Morgan fingerprint density at radius 3 is 2.31 bits per heavy atom. The number of nitrogens with one attached hydrogen (secondary N) is 2. The van der Waals surface area contributed by atoms with Gasteiger partial charge in [0.1, 0.15) is 0 Å². The summed E-state index contributed by atoms with van der Waals surface area (Å²) in [6, 6.07) is 14.9. The maximum atomic E-state index is 12.6. The number of nitrogens with two attached hydrogens (primary N) is 1. The molecule has 1 aliphatic carbocycles. The van der Waals surface area contributed by atoms with E-state index in [2.05, 4.69) is 10.0 Å². The number of para-hydroxylation sites is 2. The zero-order valence-electron chi connectivity index (χ0n) is 14.4. The van der Waals surface area contributed by atoms with Crippen molar-refractivity contribution in [2.75, 3.05) is 10.0 Å². The van der Waals surface area contributed by atoms with Crippen LogP contribution in [0.1, 0.15) is 25.7 Å². The number of carbonyl (C=O) groups is 1. The maximum Gasteiger partial charge on any atom is 0.261 e. The minimum absolute atomic E-state index is 0.0475. The van der Waals surface area contributed by atoms with Gasteiger partial charge in [-0.25, -0.2) is 8.42 Å². The quantitative estimate of drug-likeness (QED) is 0.750. The Morgan fingerprint density at radius 1 is 0.962 bits per heavy atom. The van der Waals surface area contributed by atoms with E-state index < -0.39 is 10.0 Å². The molecule has 0 heterocycles. The zero-order valence-corrected chi connectivity index (χ0v) is 15.2. The summed E-state index contributed by atoms with van der Waals surface area (Å²) in [6.45, 7) is 0. The molecule has 2 aromatic rings. The highest BCUT2D eigenvalue weighted by atomic mass is 32.2. The van der Waals surface area contributed by atoms with Crippen LogP contribution in [0, 0.1) is 5.92 Å². The van der Waals surface area contributed by atoms with Crippen molar-refractivity contribution in [3.8, 4) is 0 Å². The van der Waals surface area contributed by atoms with Gasteiger partial charge in [0.2, 0.25) is 5.91 Å². The van der Waals surface area contributed by atoms with Crippen LogP contribution >= 0.6 is 0 Å². The molecule has 0 bridgehead atoms. The standard InChI is InChI=1S/C19H23N3O3S/c20-15-8-6-7-14(13-15)19(23)21-17-11-4-5-12-18(17)22-26(24,25)16-9-2-1-3-10-16/h1-5,9-12,14-15,22H,6-8,13,20H2,(H,21,23). The van der Waals surface area contributed by atoms with Gasteiger partial charge in [-0.2, -0.15) is 0 Å². The molecule has 0 aromatic heterocycles. The fraction of sp³-hybridized carbons (Fsp3) is 0.316. The lowest BCUT2D eigenvalue weighted by molar-refractivity contribution is -0.120. The van der Waals surface area contributed by atoms with E-state index in [1.54, 1.807) is 42.5 Å². The maximum absolute atomic E-state index is 12.6. The molecule has 0 aliphatic heterocycles. The fourth-order valence-corrected chi connectivity index (χ4v) is 4.29. The van der Waals surface area contributed by atoms with Crippen molar-refractivity contribution in [3.63, 3.8) is 0 Å². The lowest BCUT2D eigenvalue weighted by Crippen LogP contribution is -2.34. The Kier molecular flexibility index (Phi) is 5.58. The van der Waals surface area contributed by atoms with Crippen molar-refractivity contribution < 1.29 is 13.2 Å². The number of hydrogen-bond acceptors (Lipinski definition) is 4. The highest BCUT2D eigenvalue weighted by molar-refractivity contribution is 7.92. The first kappa shape index (κ1) is 18.4. The molecule has 138 valence electrons. The molecule has 0 radical (unpaired) electrons. The van der Waals surface area contributed by atoms with Crippen molar-refractivity contribution in [2.45, 2.75) is 36.6 Å². The normalized spacial score (nSPS) is 20.3. The molecule has 2 unspecified atom stereocenters. The third kappa shape index (κ3) is 4.42. The summed E-state index contributed by atoms with van der Waals surface area (Å²) in [5, 5.41) is 2.85. The van der Waals surface area contributed by atoms with Crippen LogP contribution in [0.25, 0.3) is 0 Å². The van der Waals surface area contributed by atoms with Crippen LogP contribution in [-0.4, -0.2) is 20.4 Å². The minimum atomic E-state index is -3.73. The number of rotatable bonds is 5. The second-order valence-corrected chi connectivity index (χ2v) is 8.26. The van der Waals surface area contributed by atoms with E-state index >= 15 is 0 Å². The van der Waals surface area contributed by atoms with Crippen molar-refractivity contribution >= 4 is 27.3 Å². The monoisotopic (exact) mass is 373 g/mol. The van der Waals surface area contributed by atoms with Crippen LogP contribution in [0.4, 0.5) is 11.4 Å². The number of benzene rings is 2. The topological polar surface area (TPSA) is 101 Å². The van der Waals surface area contributed by atoms with Gasteiger partial charge < -0.3 is 11.1 Å². The number of amides is 1. The molecule has 2 atom stereocenters. The molecule has 1 saturated carbocycles. The Labute approximate surface area is 153 Å². The van der Waals surface area contributed by atoms with Gasteiger partial charge in [0.15, 0.2) is 0 Å². The first-order valence-corrected chi connectivity index (χ1v) is 10.2. The Bertz CT molecular complexity index is 869. The predicted molar refractivity (Wildman–Crippen MR) is 102 cm³/mol. The molecular weight excluding hydrogens is 350 g/mol. The second kappa shape index (κ2) is 7.88. The highest BCUT2D eigenvalue weighted by Gasteiger charge is 2.26. The number of carbonyl (C=O) groups excluding carboxylic acids is 1. The van der Waals surface area contributed by atoms with E-state index in [9.17, 15) is 13.2 Å². The van der Waals surface area contributed by atoms with Crippen molar-refractivity contribution in [3.05, 3.63) is 54.6 Å². The molecule has 2 aromatic carbocycles. The van der Waals surface area contributed by atoms with Gasteiger partial charge in [0, 0.05) is 12.0 Å². The lowest BCUT2D eigenvalue weighted by atomic mass is 9.85. The molecule has 1 amide bonds. The smallest absolute Gasteiger partial charge is 0.261 e. The van der Waals surface area contributed by atoms with Crippen molar-refractivity contribution in [1.29, 1.82) is 0 Å². The van der Waals surface area contributed by atoms with Gasteiger partial charge in [0.05, 0.1) is 16.3 Å². The van der Waals surface area contributed by atoms with Gasteiger partial charge >= 0.3 is 0 Å². The van der Waals surface area contributed by atoms with Gasteiger partial charge in [-0.05, 0) is 43.5 Å². The van der Waals surface area contributed by atoms with Gasteiger partial charge in [-0.3, -0.25) is 9.52 Å². The molecule has 1 fully saturated rings. The van der Waals surface area contributed by atoms with Crippen LogP contribution in [-0.2, 0) is 14.8 Å². The van der Waals surface area contributed by atoms with E-state index in [1.165, 1.54) is 12.1 Å². The van der Waals surface area contributed by atoms with E-state index in [4.69, 9.17) is 5.73 Å². The third-order valence-corrected chi connectivity index (χ3v) is 5.95. The van der Waals surface area contributed by atoms with Crippen molar-refractivity contribution in [1.82, 2.24) is 0 Å². The van der Waals surface area contributed by atoms with Crippen LogP contribution < -0.4 is 15.8 Å². The van der Waals surface area contributed by atoms with Crippen LogP contribution in [0.5, 0.6) is 0 Å². The summed E-state index contributed by atoms with van der Waals surface area (Å²) in [7, 11) is -3.73.